The summed E-state index contributed by atoms with van der Waals surface area (Å²) in [5, 5.41) is 3.47. The zero-order valence-electron chi connectivity index (χ0n) is 13.4. The lowest BCUT2D eigenvalue weighted by molar-refractivity contribution is 0.572. The van der Waals surface area contributed by atoms with Crippen molar-refractivity contribution in [3.05, 3.63) is 41.0 Å². The van der Waals surface area contributed by atoms with E-state index in [-0.39, 0.29) is 5.41 Å². The van der Waals surface area contributed by atoms with E-state index >= 15 is 0 Å². The third-order valence-corrected chi connectivity index (χ3v) is 3.15. The summed E-state index contributed by atoms with van der Waals surface area (Å²) >= 11 is 0. The van der Waals surface area contributed by atoms with Gasteiger partial charge >= 0.3 is 0 Å². The Hall–Kier alpha value is -1.08. The van der Waals surface area contributed by atoms with Gasteiger partial charge in [-0.05, 0) is 35.9 Å². The van der Waals surface area contributed by atoms with Crippen molar-refractivity contribution in [2.45, 2.75) is 47.0 Å². The molecule has 0 aliphatic rings. The van der Waals surface area contributed by atoms with Crippen molar-refractivity contribution >= 4 is 6.08 Å². The van der Waals surface area contributed by atoms with Crippen LogP contribution in [0.3, 0.4) is 0 Å². The maximum atomic E-state index is 3.47. The molecule has 0 unspecified atom stereocenters. The zero-order chi connectivity index (χ0) is 14.5. The predicted molar refractivity (Wildman–Crippen MR) is 86.5 cm³/mol. The topological polar surface area (TPSA) is 12.0 Å². The Morgan fingerprint density at radius 2 is 1.74 bits per heavy atom. The summed E-state index contributed by atoms with van der Waals surface area (Å²) in [6, 6.07) is 8.90. The smallest absolute Gasteiger partial charge is 0.0165 e. The molecule has 19 heavy (non-hydrogen) atoms. The van der Waals surface area contributed by atoms with Gasteiger partial charge in [-0.15, -0.1) is 0 Å². The molecule has 0 aliphatic carbocycles. The van der Waals surface area contributed by atoms with Crippen LogP contribution in [0.1, 0.15) is 52.7 Å². The molecular formula is C18H29N. The Kier molecular flexibility index (Phi) is 5.81. The van der Waals surface area contributed by atoms with Crippen LogP contribution < -0.4 is 5.32 Å². The summed E-state index contributed by atoms with van der Waals surface area (Å²) in [5.41, 5.74) is 4.29. The second-order valence-corrected chi connectivity index (χ2v) is 6.89. The highest BCUT2D eigenvalue weighted by atomic mass is 14.8. The van der Waals surface area contributed by atoms with Crippen molar-refractivity contribution in [2.24, 2.45) is 5.92 Å². The highest BCUT2D eigenvalue weighted by molar-refractivity contribution is 5.53. The van der Waals surface area contributed by atoms with Gasteiger partial charge in [-0.25, -0.2) is 0 Å². The lowest BCUT2D eigenvalue weighted by atomic mass is 9.86. The fourth-order valence-corrected chi connectivity index (χ4v) is 1.97. The van der Waals surface area contributed by atoms with Gasteiger partial charge in [0, 0.05) is 6.54 Å². The van der Waals surface area contributed by atoms with E-state index in [4.69, 9.17) is 0 Å². The van der Waals surface area contributed by atoms with Crippen molar-refractivity contribution in [3.63, 3.8) is 0 Å². The van der Waals surface area contributed by atoms with E-state index in [1.807, 2.05) is 0 Å². The van der Waals surface area contributed by atoms with Gasteiger partial charge in [0.1, 0.15) is 0 Å². The van der Waals surface area contributed by atoms with Crippen LogP contribution in [0.15, 0.2) is 29.8 Å². The van der Waals surface area contributed by atoms with Gasteiger partial charge in [-0.2, -0.15) is 0 Å². The van der Waals surface area contributed by atoms with E-state index in [9.17, 15) is 0 Å². The number of benzene rings is 1. The summed E-state index contributed by atoms with van der Waals surface area (Å²) in [5.74, 6) is 0.707. The summed E-state index contributed by atoms with van der Waals surface area (Å²) in [6.07, 6.45) is 2.26. The summed E-state index contributed by atoms with van der Waals surface area (Å²) < 4.78 is 0. The van der Waals surface area contributed by atoms with Crippen molar-refractivity contribution in [3.8, 4) is 0 Å². The highest BCUT2D eigenvalue weighted by Crippen LogP contribution is 2.22. The van der Waals surface area contributed by atoms with Crippen molar-refractivity contribution in [2.75, 3.05) is 13.1 Å². The van der Waals surface area contributed by atoms with E-state index in [2.05, 4.69) is 77.2 Å². The van der Waals surface area contributed by atoms with Crippen molar-refractivity contribution < 1.29 is 0 Å². The Morgan fingerprint density at radius 1 is 1.16 bits per heavy atom. The van der Waals surface area contributed by atoms with Gasteiger partial charge in [0.25, 0.3) is 0 Å². The molecule has 0 atom stereocenters. The van der Waals surface area contributed by atoms with Crippen molar-refractivity contribution in [1.82, 2.24) is 5.32 Å². The number of hydrogen-bond acceptors (Lipinski definition) is 1. The lowest BCUT2D eigenvalue weighted by Crippen LogP contribution is -2.21. The Labute approximate surface area is 119 Å². The van der Waals surface area contributed by atoms with Gasteiger partial charge in [0.05, 0.1) is 0 Å². The molecule has 0 spiro atoms. The Bertz CT molecular complexity index is 404. The molecule has 0 aromatic heterocycles. The molecule has 0 saturated carbocycles. The van der Waals surface area contributed by atoms with Crippen LogP contribution in [0.2, 0.25) is 0 Å². The molecule has 0 heterocycles. The summed E-state index contributed by atoms with van der Waals surface area (Å²) in [6.45, 7) is 15.4. The van der Waals surface area contributed by atoms with Crippen LogP contribution in [0.25, 0.3) is 6.08 Å². The average molecular weight is 259 g/mol. The molecule has 0 amide bonds. The SMILES string of the molecule is CC(=Cc1ccc(C(C)(C)C)cc1)CNCC(C)C. The Balaban J connectivity index is 2.61. The normalized spacial score (nSPS) is 13.1. The lowest BCUT2D eigenvalue weighted by Gasteiger charge is -2.18. The van der Waals surface area contributed by atoms with E-state index < -0.39 is 0 Å². The van der Waals surface area contributed by atoms with E-state index in [0.717, 1.165) is 13.1 Å². The van der Waals surface area contributed by atoms with Crippen LogP contribution in [0.5, 0.6) is 0 Å². The third-order valence-electron chi connectivity index (χ3n) is 3.15. The van der Waals surface area contributed by atoms with E-state index in [0.29, 0.717) is 5.92 Å². The predicted octanol–water partition coefficient (Wildman–Crippen LogP) is 4.63. The van der Waals surface area contributed by atoms with E-state index in [1.165, 1.54) is 16.7 Å². The molecule has 106 valence electrons. The van der Waals surface area contributed by atoms with Gasteiger partial charge in [-0.1, -0.05) is 70.5 Å². The summed E-state index contributed by atoms with van der Waals surface area (Å²) in [4.78, 5) is 0. The molecule has 1 N–H and O–H groups in total. The average Bonchev–Trinajstić information content (AvgIpc) is 2.27. The number of nitrogens with one attached hydrogen (secondary N) is 1. The van der Waals surface area contributed by atoms with Gasteiger partial charge in [0.15, 0.2) is 0 Å². The molecule has 1 aromatic carbocycles. The highest BCUT2D eigenvalue weighted by Gasteiger charge is 2.12. The third kappa shape index (κ3) is 6.07. The molecule has 1 rings (SSSR count). The molecule has 0 radical (unpaired) electrons. The van der Waals surface area contributed by atoms with Crippen LogP contribution in [-0.2, 0) is 5.41 Å². The Morgan fingerprint density at radius 3 is 2.21 bits per heavy atom. The molecule has 0 saturated heterocycles. The first-order valence-corrected chi connectivity index (χ1v) is 7.27. The van der Waals surface area contributed by atoms with Crippen LogP contribution >= 0.6 is 0 Å². The second kappa shape index (κ2) is 6.91. The molecule has 0 aliphatic heterocycles. The molecule has 0 fully saturated rings. The van der Waals surface area contributed by atoms with Gasteiger partial charge < -0.3 is 5.32 Å². The standard InChI is InChI=1S/C18H29N/c1-14(2)12-19-13-15(3)11-16-7-9-17(10-8-16)18(4,5)6/h7-11,14,19H,12-13H2,1-6H3. The van der Waals surface area contributed by atoms with Gasteiger partial charge in [-0.3, -0.25) is 0 Å². The van der Waals surface area contributed by atoms with Crippen molar-refractivity contribution in [1.29, 1.82) is 0 Å². The van der Waals surface area contributed by atoms with Crippen LogP contribution in [0, 0.1) is 5.92 Å². The first-order valence-electron chi connectivity index (χ1n) is 7.27. The molecule has 1 heteroatoms. The maximum absolute atomic E-state index is 3.47. The maximum Gasteiger partial charge on any atom is 0.0165 e. The summed E-state index contributed by atoms with van der Waals surface area (Å²) in [7, 11) is 0. The van der Waals surface area contributed by atoms with Gasteiger partial charge in [0.2, 0.25) is 0 Å². The number of rotatable bonds is 5. The first-order chi connectivity index (χ1) is 8.79. The minimum absolute atomic E-state index is 0.232. The fraction of sp³-hybridized carbons (Fsp3) is 0.556. The largest absolute Gasteiger partial charge is 0.313 e. The zero-order valence-corrected chi connectivity index (χ0v) is 13.4. The quantitative estimate of drug-likeness (QED) is 0.812. The van der Waals surface area contributed by atoms with Crippen LogP contribution in [0.4, 0.5) is 0 Å². The minimum Gasteiger partial charge on any atom is -0.313 e. The molecule has 1 aromatic rings. The van der Waals surface area contributed by atoms with E-state index in [1.54, 1.807) is 0 Å². The molecule has 0 bridgehead atoms. The second-order valence-electron chi connectivity index (χ2n) is 6.89. The monoisotopic (exact) mass is 259 g/mol. The first kappa shape index (κ1) is 16.0. The number of hydrogen-bond donors (Lipinski definition) is 1. The molecule has 1 nitrogen and oxygen atoms in total. The van der Waals surface area contributed by atoms with Crippen LogP contribution in [-0.4, -0.2) is 13.1 Å². The minimum atomic E-state index is 0.232. The molecular weight excluding hydrogens is 230 g/mol. The fourth-order valence-electron chi connectivity index (χ4n) is 1.97.